The minimum absolute atomic E-state index is 0.532. The molecule has 0 aliphatic carbocycles. The predicted molar refractivity (Wildman–Crippen MR) is 115 cm³/mol. The van der Waals surface area contributed by atoms with Gasteiger partial charge in [-0.3, -0.25) is 9.98 Å². The molecule has 0 radical (unpaired) electrons. The lowest BCUT2D eigenvalue weighted by Gasteiger charge is -2.08. The van der Waals surface area contributed by atoms with E-state index in [4.69, 9.17) is 28.3 Å². The van der Waals surface area contributed by atoms with E-state index in [0.717, 1.165) is 32.9 Å². The number of rotatable bonds is 5. The van der Waals surface area contributed by atoms with E-state index in [1.165, 1.54) is 11.3 Å². The summed E-state index contributed by atoms with van der Waals surface area (Å²) in [6.45, 7) is 8.33. The summed E-state index contributed by atoms with van der Waals surface area (Å²) < 4.78 is 1.80. The summed E-state index contributed by atoms with van der Waals surface area (Å²) in [7, 11) is 0. The number of hydrogen-bond acceptors (Lipinski definition) is 4. The first-order valence-corrected chi connectivity index (χ1v) is 9.86. The first kappa shape index (κ1) is 19.5. The fraction of sp³-hybridized carbons (Fsp3) is 0.150. The van der Waals surface area contributed by atoms with Gasteiger partial charge in [0.05, 0.1) is 23.0 Å². The molecule has 2 heterocycles. The standard InChI is InChI=1S/C20H18Cl2N4S/c1-13(2)10-24-20-26(25-14(3)15-5-4-8-23-11-15)19(12-27-20)17-9-16(21)6-7-18(17)22/h4-9,11-12H,1,10H2,2-3H3. The molecule has 27 heavy (non-hydrogen) atoms. The molecule has 3 rings (SSSR count). The van der Waals surface area contributed by atoms with Crippen molar-refractivity contribution in [1.82, 2.24) is 9.66 Å². The van der Waals surface area contributed by atoms with Gasteiger partial charge in [-0.2, -0.15) is 5.10 Å². The SMILES string of the molecule is C=C(C)CN=c1scc(-c2cc(Cl)ccc2Cl)n1N=C(C)c1cccnc1. The van der Waals surface area contributed by atoms with Gasteiger partial charge in [-0.1, -0.05) is 41.4 Å². The Morgan fingerprint density at radius 1 is 1.26 bits per heavy atom. The third kappa shape index (κ3) is 4.75. The summed E-state index contributed by atoms with van der Waals surface area (Å²) in [4.78, 5) is 9.55. The zero-order chi connectivity index (χ0) is 19.4. The number of thiazole rings is 1. The quantitative estimate of drug-likeness (QED) is 0.390. The molecule has 0 N–H and O–H groups in total. The lowest BCUT2D eigenvalue weighted by atomic mass is 10.2. The molecule has 0 amide bonds. The number of hydrogen-bond donors (Lipinski definition) is 0. The van der Waals surface area contributed by atoms with Crippen LogP contribution >= 0.6 is 34.5 Å². The minimum Gasteiger partial charge on any atom is -0.264 e. The van der Waals surface area contributed by atoms with Gasteiger partial charge in [0.1, 0.15) is 0 Å². The topological polar surface area (TPSA) is 42.5 Å². The fourth-order valence-electron chi connectivity index (χ4n) is 2.37. The van der Waals surface area contributed by atoms with Crippen molar-refractivity contribution in [3.05, 3.63) is 80.7 Å². The maximum absolute atomic E-state index is 6.42. The van der Waals surface area contributed by atoms with Gasteiger partial charge in [-0.05, 0) is 38.1 Å². The molecule has 0 saturated carbocycles. The van der Waals surface area contributed by atoms with E-state index in [2.05, 4.69) is 16.6 Å². The van der Waals surface area contributed by atoms with E-state index in [1.807, 2.05) is 37.4 Å². The Kier molecular flexibility index (Phi) is 6.26. The van der Waals surface area contributed by atoms with E-state index in [9.17, 15) is 0 Å². The highest BCUT2D eigenvalue weighted by Crippen LogP contribution is 2.31. The smallest absolute Gasteiger partial charge is 0.206 e. The second-order valence-electron chi connectivity index (χ2n) is 6.04. The van der Waals surface area contributed by atoms with Crippen molar-refractivity contribution in [1.29, 1.82) is 0 Å². The maximum atomic E-state index is 6.42. The molecule has 0 fully saturated rings. The van der Waals surface area contributed by atoms with E-state index in [0.29, 0.717) is 16.6 Å². The molecule has 0 unspecified atom stereocenters. The molecule has 4 nitrogen and oxygen atoms in total. The minimum atomic E-state index is 0.532. The van der Waals surface area contributed by atoms with Crippen LogP contribution in [0.15, 0.2) is 70.4 Å². The van der Waals surface area contributed by atoms with Crippen molar-refractivity contribution >= 4 is 40.3 Å². The second-order valence-corrected chi connectivity index (χ2v) is 7.72. The lowest BCUT2D eigenvalue weighted by molar-refractivity contribution is 0.830. The van der Waals surface area contributed by atoms with E-state index >= 15 is 0 Å². The highest BCUT2D eigenvalue weighted by Gasteiger charge is 2.12. The van der Waals surface area contributed by atoms with E-state index in [-0.39, 0.29) is 0 Å². The molecular weight excluding hydrogens is 399 g/mol. The molecule has 2 aromatic heterocycles. The Labute approximate surface area is 172 Å². The maximum Gasteiger partial charge on any atom is 0.206 e. The van der Waals surface area contributed by atoms with Crippen LogP contribution in [0.2, 0.25) is 10.0 Å². The number of halogens is 2. The number of nitrogens with zero attached hydrogens (tertiary/aromatic N) is 4. The van der Waals surface area contributed by atoms with Gasteiger partial charge >= 0.3 is 0 Å². The van der Waals surface area contributed by atoms with Crippen molar-refractivity contribution in [3.63, 3.8) is 0 Å². The van der Waals surface area contributed by atoms with Crippen LogP contribution in [-0.4, -0.2) is 21.9 Å². The number of aromatic nitrogens is 2. The van der Waals surface area contributed by atoms with Crippen LogP contribution in [0.1, 0.15) is 19.4 Å². The third-order valence-corrected chi connectivity index (χ3v) is 5.12. The first-order chi connectivity index (χ1) is 13.0. The van der Waals surface area contributed by atoms with Gasteiger partial charge in [-0.25, -0.2) is 4.68 Å². The summed E-state index contributed by atoms with van der Waals surface area (Å²) in [6.07, 6.45) is 3.52. The molecule has 0 aliphatic rings. The van der Waals surface area contributed by atoms with Crippen LogP contribution < -0.4 is 4.80 Å². The monoisotopic (exact) mass is 416 g/mol. The summed E-state index contributed by atoms with van der Waals surface area (Å²) in [5.74, 6) is 0. The fourth-order valence-corrected chi connectivity index (χ4v) is 3.58. The zero-order valence-corrected chi connectivity index (χ0v) is 17.3. The molecule has 0 atom stereocenters. The van der Waals surface area contributed by atoms with Crippen LogP contribution in [0.25, 0.3) is 11.3 Å². The Bertz CT molecular complexity index is 1070. The van der Waals surface area contributed by atoms with Gasteiger partial charge < -0.3 is 0 Å². The zero-order valence-electron chi connectivity index (χ0n) is 15.0. The molecular formula is C20H18Cl2N4S. The van der Waals surface area contributed by atoms with Crippen molar-refractivity contribution < 1.29 is 0 Å². The molecule has 7 heteroatoms. The number of benzene rings is 1. The Hall–Kier alpha value is -2.21. The van der Waals surface area contributed by atoms with Crippen LogP contribution in [0.4, 0.5) is 0 Å². The Morgan fingerprint density at radius 2 is 2.07 bits per heavy atom. The average Bonchev–Trinajstić information content (AvgIpc) is 3.05. The second kappa shape index (κ2) is 8.65. The largest absolute Gasteiger partial charge is 0.264 e. The third-order valence-electron chi connectivity index (χ3n) is 3.70. The van der Waals surface area contributed by atoms with Gasteiger partial charge in [0.25, 0.3) is 0 Å². The van der Waals surface area contributed by atoms with Crippen LogP contribution in [0.5, 0.6) is 0 Å². The first-order valence-electron chi connectivity index (χ1n) is 8.22. The molecule has 0 spiro atoms. The molecule has 0 saturated heterocycles. The number of pyridine rings is 1. The van der Waals surface area contributed by atoms with Gasteiger partial charge in [0.2, 0.25) is 4.80 Å². The van der Waals surface area contributed by atoms with Gasteiger partial charge in [-0.15, -0.1) is 11.3 Å². The Morgan fingerprint density at radius 3 is 2.78 bits per heavy atom. The van der Waals surface area contributed by atoms with Gasteiger partial charge in [0.15, 0.2) is 0 Å². The molecule has 1 aromatic carbocycles. The van der Waals surface area contributed by atoms with Crippen molar-refractivity contribution in [3.8, 4) is 11.3 Å². The molecule has 138 valence electrons. The highest BCUT2D eigenvalue weighted by atomic mass is 35.5. The summed E-state index contributed by atoms with van der Waals surface area (Å²) in [6, 6.07) is 9.23. The molecule has 0 bridgehead atoms. The van der Waals surface area contributed by atoms with Crippen molar-refractivity contribution in [2.75, 3.05) is 6.54 Å². The summed E-state index contributed by atoms with van der Waals surface area (Å²) in [5, 5.41) is 7.99. The molecule has 0 aliphatic heterocycles. The average molecular weight is 417 g/mol. The van der Waals surface area contributed by atoms with Crippen LogP contribution in [-0.2, 0) is 0 Å². The summed E-state index contributed by atoms with van der Waals surface area (Å²) in [5.41, 5.74) is 4.37. The predicted octanol–water partition coefficient (Wildman–Crippen LogP) is 5.67. The summed E-state index contributed by atoms with van der Waals surface area (Å²) >= 11 is 14.1. The van der Waals surface area contributed by atoms with E-state index in [1.54, 1.807) is 29.2 Å². The molecule has 3 aromatic rings. The van der Waals surface area contributed by atoms with Gasteiger partial charge in [0, 0.05) is 33.9 Å². The van der Waals surface area contributed by atoms with Crippen LogP contribution in [0, 0.1) is 0 Å². The normalized spacial score (nSPS) is 12.4. The highest BCUT2D eigenvalue weighted by molar-refractivity contribution is 7.07. The van der Waals surface area contributed by atoms with Crippen LogP contribution in [0.3, 0.4) is 0 Å². The lowest BCUT2D eigenvalue weighted by Crippen LogP contribution is -2.15. The van der Waals surface area contributed by atoms with E-state index < -0.39 is 0 Å². The van der Waals surface area contributed by atoms with Crippen molar-refractivity contribution in [2.45, 2.75) is 13.8 Å². The van der Waals surface area contributed by atoms with Crippen molar-refractivity contribution in [2.24, 2.45) is 10.1 Å². The Balaban J connectivity index is 2.20.